The van der Waals surface area contributed by atoms with Crippen LogP contribution in [-0.4, -0.2) is 338 Å². The van der Waals surface area contributed by atoms with Crippen LogP contribution < -0.4 is 0 Å². The fourth-order valence-electron chi connectivity index (χ4n) is 16.2. The molecule has 2 bridgehead atoms. The number of aliphatic hydroxyl groups is 20. The number of ether oxygens (including phenoxy) is 12. The maximum Gasteiger partial charge on any atom is 0.314 e. The lowest BCUT2D eigenvalue weighted by molar-refractivity contribution is -0.397. The van der Waals surface area contributed by atoms with Crippen molar-refractivity contribution in [3.05, 3.63) is 12.2 Å². The number of carbonyl (C=O) groups excluding carboxylic acids is 1. The van der Waals surface area contributed by atoms with Gasteiger partial charge in [-0.1, -0.05) is 25.5 Å². The molecule has 4 saturated carbocycles. The Balaban J connectivity index is 0.928. The zero-order valence-electron chi connectivity index (χ0n) is 49.0. The van der Waals surface area contributed by atoms with Crippen molar-refractivity contribution in [3.63, 3.8) is 0 Å². The van der Waals surface area contributed by atoms with Crippen LogP contribution in [0.25, 0.3) is 0 Å². The second kappa shape index (κ2) is 27.6. The van der Waals surface area contributed by atoms with Crippen molar-refractivity contribution in [2.24, 2.45) is 34.0 Å². The van der Waals surface area contributed by atoms with Crippen LogP contribution in [0.5, 0.6) is 0 Å². The van der Waals surface area contributed by atoms with Gasteiger partial charge in [-0.3, -0.25) is 4.79 Å². The van der Waals surface area contributed by atoms with Gasteiger partial charge in [-0.2, -0.15) is 0 Å². The van der Waals surface area contributed by atoms with Crippen molar-refractivity contribution < 1.29 is 164 Å². The van der Waals surface area contributed by atoms with Gasteiger partial charge >= 0.3 is 5.97 Å². The van der Waals surface area contributed by atoms with E-state index in [0.29, 0.717) is 38.5 Å². The third-order valence-corrected chi connectivity index (χ3v) is 21.2. The summed E-state index contributed by atoms with van der Waals surface area (Å²) in [5.74, 6) is -2.03. The van der Waals surface area contributed by atoms with E-state index in [1.54, 1.807) is 6.92 Å². The van der Waals surface area contributed by atoms with Crippen molar-refractivity contribution in [2.75, 3.05) is 39.6 Å². The highest BCUT2D eigenvalue weighted by Crippen LogP contribution is 2.73. The molecular weight excluding hydrogens is 1200 g/mol. The van der Waals surface area contributed by atoms with Crippen LogP contribution in [0.15, 0.2) is 12.2 Å². The average Bonchev–Trinajstić information content (AvgIpc) is 1.67. The summed E-state index contributed by atoms with van der Waals surface area (Å²) >= 11 is 0. The van der Waals surface area contributed by atoms with Crippen molar-refractivity contribution >= 4 is 5.97 Å². The predicted octanol–water partition coefficient (Wildman–Crippen LogP) is -9.61. The molecule has 6 aliphatic heterocycles. The summed E-state index contributed by atoms with van der Waals surface area (Å²) in [4.78, 5) is 15.4. The number of fused-ring (bicyclic) bond motifs is 3. The molecule has 1 spiro atoms. The minimum absolute atomic E-state index is 0.244. The number of carbonyl (C=O) groups is 1. The second-order valence-electron chi connectivity index (χ2n) is 26.4. The molecule has 10 rings (SSSR count). The van der Waals surface area contributed by atoms with Crippen molar-refractivity contribution in [2.45, 2.75) is 256 Å². The minimum atomic E-state index is -2.10. The maximum atomic E-state index is 15.4. The second-order valence-corrected chi connectivity index (χ2v) is 26.4. The number of hydrogen-bond donors (Lipinski definition) is 20. The van der Waals surface area contributed by atoms with Crippen LogP contribution in [0.1, 0.15) is 65.2 Å². The molecule has 37 atom stereocenters. The van der Waals surface area contributed by atoms with Crippen LogP contribution in [0.2, 0.25) is 0 Å². The minimum Gasteiger partial charge on any atom is -0.432 e. The van der Waals surface area contributed by atoms with E-state index in [0.717, 1.165) is 5.57 Å². The normalized spacial score (nSPS) is 54.5. The number of rotatable bonds is 18. The van der Waals surface area contributed by atoms with E-state index in [4.69, 9.17) is 56.8 Å². The molecular formula is C56H90O33. The zero-order chi connectivity index (χ0) is 64.7. The molecule has 0 amide bonds. The monoisotopic (exact) mass is 1290 g/mol. The summed E-state index contributed by atoms with van der Waals surface area (Å²) in [5.41, 5.74) is -1.72. The van der Waals surface area contributed by atoms with Gasteiger partial charge in [0.2, 0.25) is 6.29 Å². The van der Waals surface area contributed by atoms with Gasteiger partial charge in [0.15, 0.2) is 37.6 Å². The first kappa shape index (κ1) is 69.8. The van der Waals surface area contributed by atoms with Crippen molar-refractivity contribution in [1.29, 1.82) is 0 Å². The number of aliphatic hydroxyl groups excluding tert-OH is 20. The summed E-state index contributed by atoms with van der Waals surface area (Å²) in [7, 11) is 0. The molecule has 0 aromatic carbocycles. The predicted molar refractivity (Wildman–Crippen MR) is 284 cm³/mol. The Morgan fingerprint density at radius 3 is 1.39 bits per heavy atom. The topological polar surface area (TPSA) is 532 Å². The molecule has 20 N–H and O–H groups in total. The highest BCUT2D eigenvalue weighted by Gasteiger charge is 2.68. The third kappa shape index (κ3) is 12.6. The van der Waals surface area contributed by atoms with E-state index >= 15 is 4.79 Å². The van der Waals surface area contributed by atoms with Gasteiger partial charge in [-0.15, -0.1) is 0 Å². The van der Waals surface area contributed by atoms with Gasteiger partial charge in [-0.25, -0.2) is 0 Å². The van der Waals surface area contributed by atoms with Crippen LogP contribution in [-0.2, 0) is 61.6 Å². The fraction of sp³-hybridized carbons (Fsp3) is 0.946. The molecule has 0 radical (unpaired) electrons. The van der Waals surface area contributed by atoms with Crippen LogP contribution in [0.3, 0.4) is 0 Å². The molecule has 6 saturated heterocycles. The first-order valence-electron chi connectivity index (χ1n) is 30.4. The van der Waals surface area contributed by atoms with E-state index in [9.17, 15) is 102 Å². The van der Waals surface area contributed by atoms with Crippen molar-refractivity contribution in [3.8, 4) is 0 Å². The Kier molecular flexibility index (Phi) is 21.6. The van der Waals surface area contributed by atoms with Crippen LogP contribution >= 0.6 is 0 Å². The summed E-state index contributed by atoms with van der Waals surface area (Å²) in [5, 5.41) is 215. The van der Waals surface area contributed by atoms with Crippen molar-refractivity contribution in [1.82, 2.24) is 0 Å². The molecule has 512 valence electrons. The Hall–Kier alpha value is -2.03. The highest BCUT2D eigenvalue weighted by atomic mass is 16.8. The Morgan fingerprint density at radius 1 is 0.461 bits per heavy atom. The Labute approximate surface area is 509 Å². The largest absolute Gasteiger partial charge is 0.432 e. The highest BCUT2D eigenvalue weighted by molar-refractivity contribution is 5.77. The number of hydrogen-bond acceptors (Lipinski definition) is 33. The van der Waals surface area contributed by atoms with Gasteiger partial charge in [-0.05, 0) is 74.5 Å². The quantitative estimate of drug-likeness (QED) is 0.0344. The van der Waals surface area contributed by atoms with Gasteiger partial charge in [0.25, 0.3) is 0 Å². The Bertz CT molecular complexity index is 2370. The van der Waals surface area contributed by atoms with E-state index in [1.165, 1.54) is 0 Å². The molecule has 10 fully saturated rings. The molecule has 6 heterocycles. The molecule has 10 aliphatic rings. The third-order valence-electron chi connectivity index (χ3n) is 21.2. The van der Waals surface area contributed by atoms with Gasteiger partial charge < -0.3 is 159 Å². The Morgan fingerprint density at radius 2 is 0.888 bits per heavy atom. The first-order valence-corrected chi connectivity index (χ1v) is 30.4. The number of esters is 1. The standard InChI is InChI=1S/C56H90O33/c1-18-10-56-8-5-27-54(2,6-4-7-55(27,3)53(77)89-51-45(87-49-42(75)37(70)31(64)23(14-59)82-49)39(72)33(66)26(85-51)17-78-47-40(73)35(68)29(62)21(12-57)80-47)28(56)9-20(19(18)11-56)79-52-46(88-50-43(76)38(71)32(65)24(15-60)83-50)44(34(67)25(16-61)84-52)86-48-41(74)36(69)30(63)22(13-58)81-48/h19-52,57-76H,1,4-17H2,2-3H3/t19?,20?,21?,22?,23?,24?,25?,26?,27-,28-,29?,30?,31?,32?,33?,34?,35?,36?,37?,38?,39?,40?,41?,42?,43?,44?,45?,46?,47?,48?,49?,50?,51?,52?,54+,55+,56+/m0/s1. The molecule has 0 aromatic heterocycles. The van der Waals surface area contributed by atoms with Gasteiger partial charge in [0.1, 0.15) is 140 Å². The fourth-order valence-corrected chi connectivity index (χ4v) is 16.2. The zero-order valence-corrected chi connectivity index (χ0v) is 49.0. The summed E-state index contributed by atoms with van der Waals surface area (Å²) in [6.45, 7) is 3.21. The molecule has 4 aliphatic carbocycles. The van der Waals surface area contributed by atoms with E-state index < -0.39 is 258 Å². The summed E-state index contributed by atoms with van der Waals surface area (Å²) in [6.07, 6.45) is -52.2. The molecule has 89 heavy (non-hydrogen) atoms. The molecule has 33 nitrogen and oxygen atoms in total. The van der Waals surface area contributed by atoms with Crippen LogP contribution in [0.4, 0.5) is 0 Å². The molecule has 0 aromatic rings. The SMILES string of the molecule is C=C1C[C@@]23CC[C@H]4[C@@](C)(CCC[C@@]4(C)C(=O)OC4OC(COC5OC(CO)C(O)C(O)C5O)C(O)C(O)C4OC4OC(CO)C(O)C(O)C4O)[C@@H]2CC(OC2OC(CO)C(O)C(OC4OC(CO)C(O)C(O)C4O)C2OC2OC(CO)C(O)C(O)C2O)C1C3. The lowest BCUT2D eigenvalue weighted by atomic mass is 9.41. The first-order chi connectivity index (χ1) is 42.1. The smallest absolute Gasteiger partial charge is 0.314 e. The molecule has 33 heteroatoms. The van der Waals surface area contributed by atoms with E-state index in [1.807, 2.05) is 0 Å². The molecule has 32 unspecified atom stereocenters. The van der Waals surface area contributed by atoms with Gasteiger partial charge in [0.05, 0.1) is 51.2 Å². The lowest BCUT2D eigenvalue weighted by Crippen LogP contribution is -2.67. The maximum absolute atomic E-state index is 15.4. The summed E-state index contributed by atoms with van der Waals surface area (Å²) < 4.78 is 72.1. The lowest BCUT2D eigenvalue weighted by Gasteiger charge is -2.64. The van der Waals surface area contributed by atoms with E-state index in [-0.39, 0.29) is 24.7 Å². The summed E-state index contributed by atoms with van der Waals surface area (Å²) in [6, 6.07) is 0. The van der Waals surface area contributed by atoms with E-state index in [2.05, 4.69) is 13.5 Å². The average molecular weight is 1290 g/mol. The van der Waals surface area contributed by atoms with Crippen LogP contribution in [0, 0.1) is 34.0 Å². The van der Waals surface area contributed by atoms with Gasteiger partial charge in [0, 0.05) is 5.92 Å².